The SMILES string of the molecule is Cc1ccc(C(C(=O)N(C)C2CCS(=O)(=O)C2)C2CCCCC2)cc1. The van der Waals surface area contributed by atoms with Gasteiger partial charge in [-0.25, -0.2) is 8.42 Å². The Morgan fingerprint density at radius 2 is 1.72 bits per heavy atom. The zero-order valence-corrected chi connectivity index (χ0v) is 16.1. The Hall–Kier alpha value is -1.36. The largest absolute Gasteiger partial charge is 0.341 e. The topological polar surface area (TPSA) is 54.5 Å². The number of hydrogen-bond acceptors (Lipinski definition) is 3. The molecule has 1 saturated carbocycles. The first-order valence-corrected chi connectivity index (χ1v) is 11.2. The molecule has 3 rings (SSSR count). The summed E-state index contributed by atoms with van der Waals surface area (Å²) < 4.78 is 23.6. The molecule has 0 aromatic heterocycles. The Balaban J connectivity index is 1.85. The molecule has 25 heavy (non-hydrogen) atoms. The lowest BCUT2D eigenvalue weighted by molar-refractivity contribution is -0.134. The van der Waals surface area contributed by atoms with Gasteiger partial charge in [0.25, 0.3) is 0 Å². The van der Waals surface area contributed by atoms with Crippen molar-refractivity contribution in [2.75, 3.05) is 18.6 Å². The standard InChI is InChI=1S/C20H29NO3S/c1-15-8-10-17(11-9-15)19(16-6-4-3-5-7-16)20(22)21(2)18-12-13-25(23,24)14-18/h8-11,16,18-19H,3-7,12-14H2,1-2H3. The molecule has 2 fully saturated rings. The van der Waals surface area contributed by atoms with Crippen LogP contribution in [0.1, 0.15) is 55.6 Å². The van der Waals surface area contributed by atoms with Crippen LogP contribution in [0.2, 0.25) is 0 Å². The van der Waals surface area contributed by atoms with Crippen molar-refractivity contribution in [3.63, 3.8) is 0 Å². The molecular formula is C20H29NO3S. The minimum Gasteiger partial charge on any atom is -0.341 e. The molecule has 5 heteroatoms. The molecule has 1 saturated heterocycles. The number of hydrogen-bond donors (Lipinski definition) is 0. The van der Waals surface area contributed by atoms with E-state index < -0.39 is 9.84 Å². The van der Waals surface area contributed by atoms with Gasteiger partial charge in [-0.2, -0.15) is 0 Å². The van der Waals surface area contributed by atoms with E-state index in [2.05, 4.69) is 31.2 Å². The normalized spacial score (nSPS) is 24.8. The molecule has 1 aliphatic carbocycles. The van der Waals surface area contributed by atoms with E-state index in [1.807, 2.05) is 0 Å². The van der Waals surface area contributed by atoms with Crippen LogP contribution in [-0.2, 0) is 14.6 Å². The van der Waals surface area contributed by atoms with Crippen molar-refractivity contribution in [3.8, 4) is 0 Å². The molecule has 2 atom stereocenters. The molecule has 0 bridgehead atoms. The van der Waals surface area contributed by atoms with E-state index in [0.29, 0.717) is 12.3 Å². The molecule has 1 aliphatic heterocycles. The van der Waals surface area contributed by atoms with Crippen LogP contribution in [0, 0.1) is 12.8 Å². The molecule has 0 radical (unpaired) electrons. The molecule has 2 aliphatic rings. The van der Waals surface area contributed by atoms with Crippen LogP contribution < -0.4 is 0 Å². The highest BCUT2D eigenvalue weighted by Crippen LogP contribution is 2.38. The Morgan fingerprint density at radius 3 is 2.28 bits per heavy atom. The van der Waals surface area contributed by atoms with Gasteiger partial charge >= 0.3 is 0 Å². The first kappa shape index (κ1) is 18.4. The van der Waals surface area contributed by atoms with E-state index in [1.54, 1.807) is 11.9 Å². The highest BCUT2D eigenvalue weighted by atomic mass is 32.2. The number of benzene rings is 1. The van der Waals surface area contributed by atoms with Gasteiger partial charge in [-0.15, -0.1) is 0 Å². The van der Waals surface area contributed by atoms with Crippen LogP contribution in [-0.4, -0.2) is 43.8 Å². The zero-order valence-electron chi connectivity index (χ0n) is 15.3. The Bertz CT molecular complexity index is 705. The van der Waals surface area contributed by atoms with Crippen molar-refractivity contribution in [1.82, 2.24) is 4.90 Å². The maximum absolute atomic E-state index is 13.4. The third-order valence-electron chi connectivity index (χ3n) is 5.93. The minimum absolute atomic E-state index is 0.0952. The monoisotopic (exact) mass is 363 g/mol. The predicted octanol–water partition coefficient (Wildman–Crippen LogP) is 3.30. The molecule has 1 aromatic rings. The second-order valence-electron chi connectivity index (χ2n) is 7.79. The van der Waals surface area contributed by atoms with E-state index >= 15 is 0 Å². The van der Waals surface area contributed by atoms with Crippen LogP contribution in [0.5, 0.6) is 0 Å². The van der Waals surface area contributed by atoms with E-state index in [-0.39, 0.29) is 29.4 Å². The van der Waals surface area contributed by atoms with Gasteiger partial charge in [0.05, 0.1) is 17.4 Å². The Morgan fingerprint density at radius 1 is 1.08 bits per heavy atom. The summed E-state index contributed by atoms with van der Waals surface area (Å²) in [5.74, 6) is 0.630. The van der Waals surface area contributed by atoms with Crippen LogP contribution in [0.25, 0.3) is 0 Å². The Labute approximate surface area is 151 Å². The summed E-state index contributed by atoms with van der Waals surface area (Å²) in [6, 6.07) is 8.11. The van der Waals surface area contributed by atoms with E-state index in [1.165, 1.54) is 24.8 Å². The molecule has 0 N–H and O–H groups in total. The number of amides is 1. The number of nitrogens with zero attached hydrogens (tertiary/aromatic N) is 1. The molecule has 2 unspecified atom stereocenters. The summed E-state index contributed by atoms with van der Waals surface area (Å²) >= 11 is 0. The summed E-state index contributed by atoms with van der Waals surface area (Å²) in [5.41, 5.74) is 2.27. The lowest BCUT2D eigenvalue weighted by Gasteiger charge is -2.34. The summed E-state index contributed by atoms with van der Waals surface area (Å²) in [4.78, 5) is 15.1. The fourth-order valence-corrected chi connectivity index (χ4v) is 6.11. The number of likely N-dealkylation sites (N-methyl/N-ethyl adjacent to an activating group) is 1. The minimum atomic E-state index is -2.99. The van der Waals surface area contributed by atoms with Crippen molar-refractivity contribution < 1.29 is 13.2 Å². The van der Waals surface area contributed by atoms with Gasteiger partial charge in [-0.1, -0.05) is 49.1 Å². The van der Waals surface area contributed by atoms with Gasteiger partial charge in [-0.05, 0) is 37.7 Å². The van der Waals surface area contributed by atoms with Crippen molar-refractivity contribution in [2.45, 2.75) is 57.4 Å². The van der Waals surface area contributed by atoms with Crippen molar-refractivity contribution >= 4 is 15.7 Å². The molecule has 4 nitrogen and oxygen atoms in total. The third-order valence-corrected chi connectivity index (χ3v) is 7.68. The van der Waals surface area contributed by atoms with Crippen LogP contribution in [0.3, 0.4) is 0 Å². The number of carbonyl (C=O) groups is 1. The van der Waals surface area contributed by atoms with Crippen molar-refractivity contribution in [3.05, 3.63) is 35.4 Å². The summed E-state index contributed by atoms with van der Waals surface area (Å²) in [6.45, 7) is 2.05. The molecular weight excluding hydrogens is 334 g/mol. The van der Waals surface area contributed by atoms with Gasteiger partial charge in [0.15, 0.2) is 9.84 Å². The smallest absolute Gasteiger partial charge is 0.230 e. The number of aryl methyl sites for hydroxylation is 1. The van der Waals surface area contributed by atoms with Crippen LogP contribution in [0.15, 0.2) is 24.3 Å². The summed E-state index contributed by atoms with van der Waals surface area (Å²) in [7, 11) is -1.20. The quantitative estimate of drug-likeness (QED) is 0.825. The third kappa shape index (κ3) is 4.25. The lowest BCUT2D eigenvalue weighted by Crippen LogP contribution is -2.42. The number of sulfone groups is 1. The van der Waals surface area contributed by atoms with Gasteiger partial charge in [0.1, 0.15) is 0 Å². The fraction of sp³-hybridized carbons (Fsp3) is 0.650. The highest BCUT2D eigenvalue weighted by Gasteiger charge is 2.38. The molecule has 138 valence electrons. The maximum atomic E-state index is 13.4. The second kappa shape index (κ2) is 7.48. The van der Waals surface area contributed by atoms with E-state index in [9.17, 15) is 13.2 Å². The van der Waals surface area contributed by atoms with Gasteiger partial charge in [0.2, 0.25) is 5.91 Å². The molecule has 1 aromatic carbocycles. The fourth-order valence-electron chi connectivity index (χ4n) is 4.34. The van der Waals surface area contributed by atoms with Gasteiger partial charge < -0.3 is 4.90 Å². The zero-order chi connectivity index (χ0) is 18.0. The average Bonchev–Trinajstić information content (AvgIpc) is 2.97. The first-order valence-electron chi connectivity index (χ1n) is 9.41. The maximum Gasteiger partial charge on any atom is 0.230 e. The van der Waals surface area contributed by atoms with Crippen molar-refractivity contribution in [2.24, 2.45) is 5.92 Å². The predicted molar refractivity (Wildman–Crippen MR) is 100 cm³/mol. The highest BCUT2D eigenvalue weighted by molar-refractivity contribution is 7.91. The average molecular weight is 364 g/mol. The van der Waals surface area contributed by atoms with Crippen LogP contribution >= 0.6 is 0 Å². The van der Waals surface area contributed by atoms with E-state index in [0.717, 1.165) is 18.4 Å². The first-order chi connectivity index (χ1) is 11.9. The van der Waals surface area contributed by atoms with Gasteiger partial charge in [0, 0.05) is 13.1 Å². The van der Waals surface area contributed by atoms with Gasteiger partial charge in [-0.3, -0.25) is 4.79 Å². The van der Waals surface area contributed by atoms with Crippen molar-refractivity contribution in [1.29, 1.82) is 0 Å². The van der Waals surface area contributed by atoms with E-state index in [4.69, 9.17) is 0 Å². The molecule has 1 heterocycles. The second-order valence-corrected chi connectivity index (χ2v) is 10.0. The lowest BCUT2D eigenvalue weighted by atomic mass is 9.76. The summed E-state index contributed by atoms with van der Waals surface area (Å²) in [5, 5.41) is 0. The molecule has 1 amide bonds. The molecule has 0 spiro atoms. The van der Waals surface area contributed by atoms with Crippen LogP contribution in [0.4, 0.5) is 0 Å². The summed E-state index contributed by atoms with van der Waals surface area (Å²) in [6.07, 6.45) is 6.35. The number of carbonyl (C=O) groups excluding carboxylic acids is 1. The Kier molecular flexibility index (Phi) is 5.52. The number of rotatable bonds is 4.